The monoisotopic (exact) mass is 318 g/mol. The lowest BCUT2D eigenvalue weighted by molar-refractivity contribution is -0.120. The highest BCUT2D eigenvalue weighted by Gasteiger charge is 2.05. The zero-order valence-electron chi connectivity index (χ0n) is 13.7. The highest BCUT2D eigenvalue weighted by Crippen LogP contribution is 2.19. The molecular weight excluding hydrogens is 291 g/mol. The zero-order chi connectivity index (χ0) is 16.3. The molecule has 1 amide bonds. The first-order chi connectivity index (χ1) is 11.2. The van der Waals surface area contributed by atoms with E-state index < -0.39 is 0 Å². The maximum absolute atomic E-state index is 12.8. The average molecular weight is 318 g/mol. The van der Waals surface area contributed by atoms with E-state index in [1.807, 2.05) is 0 Å². The summed E-state index contributed by atoms with van der Waals surface area (Å²) in [4.78, 5) is 11.7. The summed E-state index contributed by atoms with van der Waals surface area (Å²) in [6, 6.07) is 6.54. The van der Waals surface area contributed by atoms with Gasteiger partial charge < -0.3 is 10.6 Å². The van der Waals surface area contributed by atoms with Crippen LogP contribution in [0.1, 0.15) is 44.1 Å². The Kier molecular flexibility index (Phi) is 7.81. The van der Waals surface area contributed by atoms with Crippen molar-refractivity contribution >= 4 is 5.91 Å². The number of carbonyl (C=O) groups is 1. The van der Waals surface area contributed by atoms with Crippen LogP contribution in [0.2, 0.25) is 0 Å². The SMILES string of the molecule is O=C(CCNCCc1ccc(F)cc1)NCCC1=CCCCC1. The highest BCUT2D eigenvalue weighted by molar-refractivity contribution is 5.76. The van der Waals surface area contributed by atoms with E-state index in [1.54, 1.807) is 12.1 Å². The second-order valence-electron chi connectivity index (χ2n) is 6.08. The first kappa shape index (κ1) is 17.7. The maximum Gasteiger partial charge on any atom is 0.221 e. The molecule has 0 atom stereocenters. The number of hydrogen-bond acceptors (Lipinski definition) is 2. The molecule has 1 aliphatic carbocycles. The molecule has 0 fully saturated rings. The molecule has 0 unspecified atom stereocenters. The summed E-state index contributed by atoms with van der Waals surface area (Å²) in [6.07, 6.45) is 9.65. The van der Waals surface area contributed by atoms with Gasteiger partial charge in [-0.3, -0.25) is 4.79 Å². The van der Waals surface area contributed by atoms with Gasteiger partial charge in [0, 0.05) is 19.5 Å². The van der Waals surface area contributed by atoms with E-state index in [4.69, 9.17) is 0 Å². The topological polar surface area (TPSA) is 41.1 Å². The molecule has 0 aromatic heterocycles. The van der Waals surface area contributed by atoms with Crippen LogP contribution in [-0.2, 0) is 11.2 Å². The van der Waals surface area contributed by atoms with E-state index in [2.05, 4.69) is 16.7 Å². The summed E-state index contributed by atoms with van der Waals surface area (Å²) in [5.74, 6) is -0.0990. The van der Waals surface area contributed by atoms with Crippen LogP contribution in [0.4, 0.5) is 4.39 Å². The van der Waals surface area contributed by atoms with Crippen LogP contribution in [0.15, 0.2) is 35.9 Å². The van der Waals surface area contributed by atoms with Gasteiger partial charge in [0.15, 0.2) is 0 Å². The van der Waals surface area contributed by atoms with Gasteiger partial charge in [-0.15, -0.1) is 0 Å². The van der Waals surface area contributed by atoms with Crippen molar-refractivity contribution in [2.24, 2.45) is 0 Å². The fourth-order valence-corrected chi connectivity index (χ4v) is 2.79. The van der Waals surface area contributed by atoms with Crippen molar-refractivity contribution in [3.8, 4) is 0 Å². The molecule has 0 saturated heterocycles. The Hall–Kier alpha value is -1.68. The van der Waals surface area contributed by atoms with Gasteiger partial charge in [-0.05, 0) is 62.8 Å². The number of amides is 1. The molecule has 23 heavy (non-hydrogen) atoms. The normalized spacial score (nSPS) is 14.4. The van der Waals surface area contributed by atoms with Gasteiger partial charge in [0.2, 0.25) is 5.91 Å². The Labute approximate surface area is 138 Å². The number of rotatable bonds is 9. The molecule has 0 heterocycles. The van der Waals surface area contributed by atoms with Crippen molar-refractivity contribution in [3.05, 3.63) is 47.3 Å². The van der Waals surface area contributed by atoms with Gasteiger partial charge in [0.1, 0.15) is 5.82 Å². The van der Waals surface area contributed by atoms with Crippen molar-refractivity contribution in [3.63, 3.8) is 0 Å². The number of nitrogens with one attached hydrogen (secondary N) is 2. The average Bonchev–Trinajstić information content (AvgIpc) is 2.57. The van der Waals surface area contributed by atoms with Gasteiger partial charge in [-0.1, -0.05) is 23.8 Å². The minimum absolute atomic E-state index is 0.107. The molecule has 0 spiro atoms. The van der Waals surface area contributed by atoms with E-state index in [1.165, 1.54) is 43.4 Å². The van der Waals surface area contributed by atoms with E-state index in [-0.39, 0.29) is 11.7 Å². The minimum Gasteiger partial charge on any atom is -0.356 e. The molecule has 0 saturated carbocycles. The van der Waals surface area contributed by atoms with Gasteiger partial charge >= 0.3 is 0 Å². The molecule has 3 nitrogen and oxygen atoms in total. The highest BCUT2D eigenvalue weighted by atomic mass is 19.1. The Balaban J connectivity index is 1.48. The molecule has 1 aromatic carbocycles. The lowest BCUT2D eigenvalue weighted by Gasteiger charge is -2.13. The standard InChI is InChI=1S/C19H27FN2O/c20-18-8-6-17(7-9-18)10-13-21-14-12-19(23)22-15-11-16-4-2-1-3-5-16/h4,6-9,21H,1-3,5,10-15H2,(H,22,23). The van der Waals surface area contributed by atoms with Crippen LogP contribution in [0.25, 0.3) is 0 Å². The predicted octanol–water partition coefficient (Wildman–Crippen LogP) is 3.35. The lowest BCUT2D eigenvalue weighted by Crippen LogP contribution is -2.29. The van der Waals surface area contributed by atoms with Crippen LogP contribution < -0.4 is 10.6 Å². The number of benzene rings is 1. The third-order valence-electron chi connectivity index (χ3n) is 4.19. The van der Waals surface area contributed by atoms with Crippen molar-refractivity contribution < 1.29 is 9.18 Å². The number of hydrogen-bond donors (Lipinski definition) is 2. The van der Waals surface area contributed by atoms with E-state index in [9.17, 15) is 9.18 Å². The summed E-state index contributed by atoms with van der Waals surface area (Å²) < 4.78 is 12.8. The van der Waals surface area contributed by atoms with Gasteiger partial charge in [0.25, 0.3) is 0 Å². The summed E-state index contributed by atoms with van der Waals surface area (Å²) in [6.45, 7) is 2.22. The van der Waals surface area contributed by atoms with Gasteiger partial charge in [-0.2, -0.15) is 0 Å². The minimum atomic E-state index is -0.206. The van der Waals surface area contributed by atoms with Crippen molar-refractivity contribution in [2.75, 3.05) is 19.6 Å². The first-order valence-corrected chi connectivity index (χ1v) is 8.64. The van der Waals surface area contributed by atoms with Crippen LogP contribution in [0.3, 0.4) is 0 Å². The Bertz CT molecular complexity index is 511. The Morgan fingerprint density at radius 1 is 1.04 bits per heavy atom. The first-order valence-electron chi connectivity index (χ1n) is 8.64. The lowest BCUT2D eigenvalue weighted by atomic mass is 9.97. The summed E-state index contributed by atoms with van der Waals surface area (Å²) in [5.41, 5.74) is 2.60. The molecule has 126 valence electrons. The van der Waals surface area contributed by atoms with Crippen molar-refractivity contribution in [2.45, 2.75) is 44.9 Å². The molecule has 1 aromatic rings. The molecule has 0 radical (unpaired) electrons. The quantitative estimate of drug-likeness (QED) is 0.541. The third-order valence-corrected chi connectivity index (χ3v) is 4.19. The zero-order valence-corrected chi connectivity index (χ0v) is 13.7. The molecule has 1 aliphatic rings. The maximum atomic E-state index is 12.8. The molecule has 4 heteroatoms. The second-order valence-corrected chi connectivity index (χ2v) is 6.08. The van der Waals surface area contributed by atoms with E-state index >= 15 is 0 Å². The van der Waals surface area contributed by atoms with Crippen molar-refractivity contribution in [1.29, 1.82) is 0 Å². The Morgan fingerprint density at radius 2 is 1.87 bits per heavy atom. The summed E-state index contributed by atoms with van der Waals surface area (Å²) in [7, 11) is 0. The second kappa shape index (κ2) is 10.2. The van der Waals surface area contributed by atoms with Crippen LogP contribution in [0, 0.1) is 5.82 Å². The Morgan fingerprint density at radius 3 is 2.61 bits per heavy atom. The van der Waals surface area contributed by atoms with Crippen LogP contribution >= 0.6 is 0 Å². The molecule has 2 N–H and O–H groups in total. The van der Waals surface area contributed by atoms with Crippen molar-refractivity contribution in [1.82, 2.24) is 10.6 Å². The van der Waals surface area contributed by atoms with E-state index in [0.29, 0.717) is 13.0 Å². The largest absolute Gasteiger partial charge is 0.356 e. The van der Waals surface area contributed by atoms with Crippen LogP contribution in [-0.4, -0.2) is 25.5 Å². The fourth-order valence-electron chi connectivity index (χ4n) is 2.79. The molecular formula is C19H27FN2O. The van der Waals surface area contributed by atoms with Gasteiger partial charge in [-0.25, -0.2) is 4.39 Å². The number of halogens is 1. The molecule has 0 aliphatic heterocycles. The smallest absolute Gasteiger partial charge is 0.221 e. The molecule has 2 rings (SSSR count). The van der Waals surface area contributed by atoms with E-state index in [0.717, 1.165) is 31.5 Å². The summed E-state index contributed by atoms with van der Waals surface area (Å²) in [5, 5.41) is 6.24. The number of carbonyl (C=O) groups excluding carboxylic acids is 1. The molecule has 0 bridgehead atoms. The number of allylic oxidation sites excluding steroid dienone is 1. The third kappa shape index (κ3) is 7.42. The fraction of sp³-hybridized carbons (Fsp3) is 0.526. The summed E-state index contributed by atoms with van der Waals surface area (Å²) >= 11 is 0. The predicted molar refractivity (Wildman–Crippen MR) is 91.8 cm³/mol. The van der Waals surface area contributed by atoms with Gasteiger partial charge in [0.05, 0.1) is 0 Å². The van der Waals surface area contributed by atoms with Crippen LogP contribution in [0.5, 0.6) is 0 Å².